The Morgan fingerprint density at radius 2 is 2.10 bits per heavy atom. The van der Waals surface area contributed by atoms with Gasteiger partial charge in [-0.15, -0.1) is 0 Å². The van der Waals surface area contributed by atoms with Crippen LogP contribution >= 0.6 is 12.2 Å². The molecule has 110 valence electrons. The molecule has 0 saturated heterocycles. The number of aryl methyl sites for hydroxylation is 1. The summed E-state index contributed by atoms with van der Waals surface area (Å²) in [5.41, 5.74) is -0.549. The molecule has 0 atom stereocenters. The number of carbonyl (C=O) groups excluding carboxylic acids is 1. The van der Waals surface area contributed by atoms with Crippen LogP contribution in [0.5, 0.6) is 0 Å². The lowest BCUT2D eigenvalue weighted by molar-refractivity contribution is -0.668. The van der Waals surface area contributed by atoms with E-state index in [4.69, 9.17) is 12.2 Å². The number of benzene rings is 1. The fraction of sp³-hybridized carbons (Fsp3) is 0.214. The van der Waals surface area contributed by atoms with Crippen molar-refractivity contribution in [3.8, 4) is 0 Å². The average Bonchev–Trinajstić information content (AvgIpc) is 2.43. The molecule has 0 aliphatic heterocycles. The van der Waals surface area contributed by atoms with E-state index in [2.05, 4.69) is 0 Å². The number of pyridine rings is 1. The molecule has 0 aliphatic carbocycles. The fourth-order valence-electron chi connectivity index (χ4n) is 2.17. The maximum Gasteiger partial charge on any atom is 0.416 e. The highest BCUT2D eigenvalue weighted by Gasteiger charge is 2.31. The molecule has 0 radical (unpaired) electrons. The minimum atomic E-state index is -4.51. The van der Waals surface area contributed by atoms with Gasteiger partial charge in [-0.05, 0) is 19.1 Å². The molecule has 0 unspecified atom stereocenters. The topological polar surface area (TPSA) is 44.0 Å². The molecule has 3 nitrogen and oxygen atoms in total. The van der Waals surface area contributed by atoms with Crippen LogP contribution in [-0.2, 0) is 12.7 Å². The summed E-state index contributed by atoms with van der Waals surface area (Å²) in [5, 5.41) is 12.4. The summed E-state index contributed by atoms with van der Waals surface area (Å²) in [6.45, 7) is 2.16. The summed E-state index contributed by atoms with van der Waals surface area (Å²) in [5.74, 6) is -1.48. The highest BCUT2D eigenvalue weighted by molar-refractivity contribution is 7.79. The largest absolute Gasteiger partial charge is 0.545 e. The van der Waals surface area contributed by atoms with Gasteiger partial charge in [-0.2, -0.15) is 17.7 Å². The van der Waals surface area contributed by atoms with Crippen LogP contribution in [0.15, 0.2) is 24.4 Å². The smallest absolute Gasteiger partial charge is 0.416 e. The second-order valence-electron chi connectivity index (χ2n) is 4.38. The lowest BCUT2D eigenvalue weighted by Crippen LogP contribution is -2.37. The van der Waals surface area contributed by atoms with Gasteiger partial charge in [-0.25, -0.2) is 0 Å². The van der Waals surface area contributed by atoms with E-state index < -0.39 is 17.7 Å². The first kappa shape index (κ1) is 15.4. The number of carbonyl (C=O) groups is 1. The number of alkyl halides is 3. The third kappa shape index (κ3) is 2.73. The number of aromatic carboxylic acids is 1. The minimum Gasteiger partial charge on any atom is -0.545 e. The number of halogens is 3. The Morgan fingerprint density at radius 3 is 2.57 bits per heavy atom. The van der Waals surface area contributed by atoms with Crippen LogP contribution in [0.2, 0.25) is 0 Å². The second-order valence-corrected chi connectivity index (χ2v) is 4.61. The maximum absolute atomic E-state index is 12.8. The molecule has 2 aromatic rings. The van der Waals surface area contributed by atoms with Gasteiger partial charge < -0.3 is 9.90 Å². The van der Waals surface area contributed by atoms with Crippen molar-refractivity contribution in [3.05, 3.63) is 41.1 Å². The number of carboxylic acid groups (broad SMARTS) is 1. The highest BCUT2D eigenvalue weighted by atomic mass is 32.1. The molecular formula is C14H10F3NO2S. The molecule has 0 aliphatic rings. The first-order valence-electron chi connectivity index (χ1n) is 6.03. The Labute approximate surface area is 123 Å². The monoisotopic (exact) mass is 313 g/mol. The minimum absolute atomic E-state index is 0.0517. The number of aromatic nitrogens is 1. The van der Waals surface area contributed by atoms with E-state index in [0.29, 0.717) is 12.1 Å². The quantitative estimate of drug-likeness (QED) is 0.642. The van der Waals surface area contributed by atoms with Gasteiger partial charge in [0.2, 0.25) is 5.52 Å². The van der Waals surface area contributed by atoms with Crippen molar-refractivity contribution in [2.75, 3.05) is 0 Å². The van der Waals surface area contributed by atoms with Crippen molar-refractivity contribution < 1.29 is 27.6 Å². The van der Waals surface area contributed by atoms with Gasteiger partial charge in [-0.1, -0.05) is 12.2 Å². The predicted octanol–water partition coefficient (Wildman–Crippen LogP) is 1.88. The van der Waals surface area contributed by atoms with E-state index in [1.54, 1.807) is 11.5 Å². The first-order valence-corrected chi connectivity index (χ1v) is 6.50. The van der Waals surface area contributed by atoms with Crippen molar-refractivity contribution >= 4 is 34.5 Å². The van der Waals surface area contributed by atoms with Crippen LogP contribution in [0.25, 0.3) is 10.9 Å². The van der Waals surface area contributed by atoms with Crippen molar-refractivity contribution in [2.24, 2.45) is 0 Å². The van der Waals surface area contributed by atoms with Crippen molar-refractivity contribution in [1.82, 2.24) is 0 Å². The van der Waals surface area contributed by atoms with E-state index in [0.717, 1.165) is 17.5 Å². The molecule has 1 aromatic heterocycles. The summed E-state index contributed by atoms with van der Waals surface area (Å²) in [7, 11) is 0. The Balaban J connectivity index is 2.92. The number of hydrogen-bond acceptors (Lipinski definition) is 3. The third-order valence-corrected chi connectivity index (χ3v) is 3.41. The first-order chi connectivity index (χ1) is 9.79. The molecule has 1 aromatic carbocycles. The molecular weight excluding hydrogens is 303 g/mol. The van der Waals surface area contributed by atoms with Crippen LogP contribution in [-0.4, -0.2) is 11.3 Å². The van der Waals surface area contributed by atoms with Gasteiger partial charge in [-0.3, -0.25) is 0 Å². The van der Waals surface area contributed by atoms with Gasteiger partial charge >= 0.3 is 6.18 Å². The van der Waals surface area contributed by atoms with E-state index in [-0.39, 0.29) is 16.5 Å². The standard InChI is InChI=1S/C14H10F3NO2S/c1-2-18-6-10(13(19)20)11(7-21)9-5-8(14(15,16)17)3-4-12(9)18/h3-7H,2H2,1H3. The molecule has 2 rings (SSSR count). The molecule has 0 N–H and O–H groups in total. The third-order valence-electron chi connectivity index (χ3n) is 3.18. The van der Waals surface area contributed by atoms with Crippen LogP contribution < -0.4 is 9.67 Å². The summed E-state index contributed by atoms with van der Waals surface area (Å²) >= 11 is 4.76. The second kappa shape index (κ2) is 5.40. The zero-order valence-electron chi connectivity index (χ0n) is 10.9. The molecule has 21 heavy (non-hydrogen) atoms. The number of nitrogens with zero attached hydrogens (tertiary/aromatic N) is 1. The molecule has 0 bridgehead atoms. The number of carboxylic acids is 1. The van der Waals surface area contributed by atoms with Gasteiger partial charge in [0, 0.05) is 17.0 Å². The summed E-state index contributed by atoms with van der Waals surface area (Å²) in [4.78, 5) is 11.2. The lowest BCUT2D eigenvalue weighted by Gasteiger charge is -2.12. The molecule has 1 heterocycles. The van der Waals surface area contributed by atoms with Gasteiger partial charge in [0.1, 0.15) is 6.54 Å². The number of thiocarbonyl (C=S) groups is 1. The zero-order valence-corrected chi connectivity index (χ0v) is 11.7. The average molecular weight is 313 g/mol. The molecule has 7 heteroatoms. The van der Waals surface area contributed by atoms with Crippen molar-refractivity contribution in [1.29, 1.82) is 0 Å². The number of rotatable bonds is 3. The highest BCUT2D eigenvalue weighted by Crippen LogP contribution is 2.32. The van der Waals surface area contributed by atoms with Gasteiger partial charge in [0.15, 0.2) is 6.20 Å². The predicted molar refractivity (Wildman–Crippen MR) is 71.9 cm³/mol. The van der Waals surface area contributed by atoms with Crippen LogP contribution in [0.4, 0.5) is 13.2 Å². The van der Waals surface area contributed by atoms with E-state index in [9.17, 15) is 23.1 Å². The SMILES string of the molecule is CC[n+]1cc(C(=O)[O-])c(C=S)c2cc(C(F)(F)F)ccc21. The lowest BCUT2D eigenvalue weighted by atomic mass is 10.0. The van der Waals surface area contributed by atoms with Crippen LogP contribution in [0, 0.1) is 0 Å². The zero-order chi connectivity index (χ0) is 15.8. The molecule has 0 saturated carbocycles. The Kier molecular flexibility index (Phi) is 3.95. The van der Waals surface area contributed by atoms with Crippen molar-refractivity contribution in [3.63, 3.8) is 0 Å². The van der Waals surface area contributed by atoms with E-state index in [1.165, 1.54) is 12.3 Å². The van der Waals surface area contributed by atoms with Crippen LogP contribution in [0.3, 0.4) is 0 Å². The molecule has 0 spiro atoms. The Morgan fingerprint density at radius 1 is 1.43 bits per heavy atom. The van der Waals surface area contributed by atoms with E-state index >= 15 is 0 Å². The summed E-state index contributed by atoms with van der Waals surface area (Å²) < 4.78 is 40.0. The maximum atomic E-state index is 12.8. The van der Waals surface area contributed by atoms with Crippen LogP contribution in [0.1, 0.15) is 28.4 Å². The molecule has 0 amide bonds. The Bertz CT molecular complexity index is 741. The number of hydrogen-bond donors (Lipinski definition) is 0. The van der Waals surface area contributed by atoms with Crippen molar-refractivity contribution in [2.45, 2.75) is 19.6 Å². The van der Waals surface area contributed by atoms with Gasteiger partial charge in [0.25, 0.3) is 0 Å². The number of fused-ring (bicyclic) bond motifs is 1. The summed E-state index contributed by atoms with van der Waals surface area (Å²) in [6, 6.07) is 3.18. The fourth-order valence-corrected chi connectivity index (χ4v) is 2.42. The van der Waals surface area contributed by atoms with Gasteiger partial charge in [0.05, 0.1) is 22.5 Å². The Hall–Kier alpha value is -2.02. The normalized spacial score (nSPS) is 11.6. The summed E-state index contributed by atoms with van der Waals surface area (Å²) in [6.07, 6.45) is -3.19. The molecule has 0 fully saturated rings. The van der Waals surface area contributed by atoms with E-state index in [1.807, 2.05) is 0 Å².